The maximum atomic E-state index is 5.50. The van der Waals surface area contributed by atoms with E-state index in [1.54, 1.807) is 35.5 Å². The van der Waals surface area contributed by atoms with Gasteiger partial charge in [-0.3, -0.25) is 4.99 Å². The number of guanidine groups is 1. The third kappa shape index (κ3) is 8.22. The molecule has 0 aliphatic heterocycles. The molecule has 0 aromatic heterocycles. The third-order valence-electron chi connectivity index (χ3n) is 4.38. The zero-order valence-electron chi connectivity index (χ0n) is 18.1. The fraction of sp³-hybridized carbons (Fsp3) is 0.650. The van der Waals surface area contributed by atoms with Gasteiger partial charge in [-0.1, -0.05) is 0 Å². The summed E-state index contributed by atoms with van der Waals surface area (Å²) in [7, 11) is 10.5. The Morgan fingerprint density at radius 1 is 0.964 bits per heavy atom. The lowest BCUT2D eigenvalue weighted by atomic mass is 10.1. The summed E-state index contributed by atoms with van der Waals surface area (Å²) in [4.78, 5) is 6.55. The molecule has 0 heterocycles. The lowest BCUT2D eigenvalue weighted by Gasteiger charge is -2.19. The molecule has 0 unspecified atom stereocenters. The van der Waals surface area contributed by atoms with Crippen LogP contribution < -0.4 is 24.8 Å². The number of likely N-dealkylation sites (N-methyl/N-ethyl adjacent to an activating group) is 1. The number of ether oxygens (including phenoxy) is 4. The van der Waals surface area contributed by atoms with Crippen molar-refractivity contribution < 1.29 is 18.9 Å². The van der Waals surface area contributed by atoms with E-state index in [1.165, 1.54) is 0 Å². The summed E-state index contributed by atoms with van der Waals surface area (Å²) < 4.78 is 21.4. The van der Waals surface area contributed by atoms with Crippen LogP contribution in [0.2, 0.25) is 0 Å². The van der Waals surface area contributed by atoms with Gasteiger partial charge < -0.3 is 34.5 Å². The molecular weight excluding hydrogens is 360 g/mol. The fourth-order valence-corrected chi connectivity index (χ4v) is 2.81. The Kier molecular flexibility index (Phi) is 11.8. The van der Waals surface area contributed by atoms with Crippen molar-refractivity contribution in [3.05, 3.63) is 17.7 Å². The molecular formula is C20H36N4O4. The van der Waals surface area contributed by atoms with Crippen LogP contribution in [0.25, 0.3) is 0 Å². The Morgan fingerprint density at radius 2 is 1.61 bits per heavy atom. The topological polar surface area (TPSA) is 76.6 Å². The molecule has 2 N–H and O–H groups in total. The highest BCUT2D eigenvalue weighted by atomic mass is 16.5. The van der Waals surface area contributed by atoms with Crippen molar-refractivity contribution in [2.45, 2.75) is 12.8 Å². The minimum Gasteiger partial charge on any atom is -0.496 e. The molecule has 0 spiro atoms. The van der Waals surface area contributed by atoms with Crippen molar-refractivity contribution >= 4 is 5.96 Å². The van der Waals surface area contributed by atoms with Gasteiger partial charge in [0.05, 0.1) is 21.3 Å². The standard InChI is InChI=1S/C20H36N4O4/c1-21-20(23-10-12-24(2)11-7-13-25-3)22-9-8-17-18(27-5)14-16(26-4)15-19(17)28-6/h14-15H,7-13H2,1-6H3,(H2,21,22,23). The van der Waals surface area contributed by atoms with Crippen molar-refractivity contribution in [1.82, 2.24) is 15.5 Å². The number of benzene rings is 1. The van der Waals surface area contributed by atoms with E-state index in [4.69, 9.17) is 18.9 Å². The molecule has 0 amide bonds. The predicted octanol–water partition coefficient (Wildman–Crippen LogP) is 1.39. The van der Waals surface area contributed by atoms with E-state index in [0.717, 1.165) is 62.1 Å². The number of nitrogens with one attached hydrogen (secondary N) is 2. The Labute approximate surface area is 169 Å². The van der Waals surface area contributed by atoms with Gasteiger partial charge in [0.2, 0.25) is 0 Å². The minimum absolute atomic E-state index is 0.697. The van der Waals surface area contributed by atoms with E-state index in [2.05, 4.69) is 27.6 Å². The molecule has 0 atom stereocenters. The average molecular weight is 397 g/mol. The number of hydrogen-bond donors (Lipinski definition) is 2. The molecule has 0 saturated heterocycles. The highest BCUT2D eigenvalue weighted by Gasteiger charge is 2.13. The third-order valence-corrected chi connectivity index (χ3v) is 4.38. The van der Waals surface area contributed by atoms with Crippen LogP contribution in [0.15, 0.2) is 17.1 Å². The fourth-order valence-electron chi connectivity index (χ4n) is 2.81. The van der Waals surface area contributed by atoms with E-state index in [0.29, 0.717) is 12.3 Å². The molecule has 160 valence electrons. The van der Waals surface area contributed by atoms with Gasteiger partial charge in [0, 0.05) is 64.6 Å². The molecule has 1 aromatic rings. The lowest BCUT2D eigenvalue weighted by Crippen LogP contribution is -2.41. The van der Waals surface area contributed by atoms with E-state index in [9.17, 15) is 0 Å². The van der Waals surface area contributed by atoms with Gasteiger partial charge in [0.15, 0.2) is 5.96 Å². The van der Waals surface area contributed by atoms with Crippen molar-refractivity contribution in [2.24, 2.45) is 4.99 Å². The summed E-state index contributed by atoms with van der Waals surface area (Å²) in [6.45, 7) is 4.25. The quantitative estimate of drug-likeness (QED) is 0.296. The molecule has 1 aromatic carbocycles. The average Bonchev–Trinajstić information content (AvgIpc) is 2.72. The first-order chi connectivity index (χ1) is 13.6. The summed E-state index contributed by atoms with van der Waals surface area (Å²) in [6, 6.07) is 3.73. The molecule has 8 heteroatoms. The van der Waals surface area contributed by atoms with Gasteiger partial charge in [-0.2, -0.15) is 0 Å². The van der Waals surface area contributed by atoms with Crippen molar-refractivity contribution in [1.29, 1.82) is 0 Å². The molecule has 28 heavy (non-hydrogen) atoms. The van der Waals surface area contributed by atoms with Crippen LogP contribution in [0.5, 0.6) is 17.2 Å². The monoisotopic (exact) mass is 396 g/mol. The van der Waals surface area contributed by atoms with Crippen molar-refractivity contribution in [3.63, 3.8) is 0 Å². The highest BCUT2D eigenvalue weighted by Crippen LogP contribution is 2.34. The Morgan fingerprint density at radius 3 is 2.14 bits per heavy atom. The van der Waals surface area contributed by atoms with Crippen molar-refractivity contribution in [2.75, 3.05) is 75.3 Å². The first-order valence-electron chi connectivity index (χ1n) is 9.50. The molecule has 0 saturated carbocycles. The van der Waals surface area contributed by atoms with Crippen LogP contribution in [-0.2, 0) is 11.2 Å². The lowest BCUT2D eigenvalue weighted by molar-refractivity contribution is 0.180. The summed E-state index contributed by atoms with van der Waals surface area (Å²) in [5.41, 5.74) is 0.992. The van der Waals surface area contributed by atoms with E-state index in [-0.39, 0.29) is 0 Å². The Balaban J connectivity index is 2.48. The normalized spacial score (nSPS) is 11.5. The van der Waals surface area contributed by atoms with Crippen molar-refractivity contribution in [3.8, 4) is 17.2 Å². The maximum Gasteiger partial charge on any atom is 0.191 e. The highest BCUT2D eigenvalue weighted by molar-refractivity contribution is 5.79. The second-order valence-electron chi connectivity index (χ2n) is 6.34. The summed E-state index contributed by atoms with van der Waals surface area (Å²) >= 11 is 0. The van der Waals surface area contributed by atoms with Crippen LogP contribution in [0.1, 0.15) is 12.0 Å². The van der Waals surface area contributed by atoms with Gasteiger partial charge in [0.25, 0.3) is 0 Å². The van der Waals surface area contributed by atoms with Gasteiger partial charge in [-0.25, -0.2) is 0 Å². The number of hydrogen-bond acceptors (Lipinski definition) is 6. The first-order valence-corrected chi connectivity index (χ1v) is 9.50. The molecule has 0 radical (unpaired) electrons. The summed E-state index contributed by atoms with van der Waals surface area (Å²) in [6.07, 6.45) is 1.76. The van der Waals surface area contributed by atoms with E-state index in [1.807, 2.05) is 12.1 Å². The van der Waals surface area contributed by atoms with Gasteiger partial charge in [-0.05, 0) is 19.9 Å². The largest absolute Gasteiger partial charge is 0.496 e. The molecule has 0 fully saturated rings. The van der Waals surface area contributed by atoms with Crippen LogP contribution >= 0.6 is 0 Å². The molecule has 0 aliphatic carbocycles. The molecule has 1 rings (SSSR count). The van der Waals surface area contributed by atoms with Gasteiger partial charge >= 0.3 is 0 Å². The predicted molar refractivity (Wildman–Crippen MR) is 113 cm³/mol. The first kappa shape index (κ1) is 23.8. The Hall–Kier alpha value is -2.19. The maximum absolute atomic E-state index is 5.50. The molecule has 0 aliphatic rings. The van der Waals surface area contributed by atoms with Gasteiger partial charge in [-0.15, -0.1) is 0 Å². The zero-order chi connectivity index (χ0) is 20.8. The summed E-state index contributed by atoms with van der Waals surface area (Å²) in [5, 5.41) is 6.67. The Bertz CT molecular complexity index is 571. The van der Waals surface area contributed by atoms with Crippen LogP contribution in [0.3, 0.4) is 0 Å². The SMILES string of the molecule is CN=C(NCCc1c(OC)cc(OC)cc1OC)NCCN(C)CCCOC. The summed E-state index contributed by atoms with van der Waals surface area (Å²) in [5.74, 6) is 2.98. The van der Waals surface area contributed by atoms with Crippen LogP contribution in [0, 0.1) is 0 Å². The minimum atomic E-state index is 0.697. The smallest absolute Gasteiger partial charge is 0.191 e. The molecule has 0 bridgehead atoms. The number of rotatable bonds is 13. The second-order valence-corrected chi connectivity index (χ2v) is 6.34. The van der Waals surface area contributed by atoms with Crippen LogP contribution in [-0.4, -0.2) is 86.2 Å². The number of methoxy groups -OCH3 is 4. The zero-order valence-corrected chi connectivity index (χ0v) is 18.1. The van der Waals surface area contributed by atoms with Crippen LogP contribution in [0.4, 0.5) is 0 Å². The number of aliphatic imine (C=N–C) groups is 1. The second kappa shape index (κ2) is 13.9. The van der Waals surface area contributed by atoms with E-state index < -0.39 is 0 Å². The van der Waals surface area contributed by atoms with E-state index >= 15 is 0 Å². The molecule has 8 nitrogen and oxygen atoms in total. The number of nitrogens with zero attached hydrogens (tertiary/aromatic N) is 2. The van der Waals surface area contributed by atoms with Gasteiger partial charge in [0.1, 0.15) is 17.2 Å².